The number of anilines is 2. The minimum Gasteiger partial charge on any atom is -0.497 e. The van der Waals surface area contributed by atoms with Gasteiger partial charge in [-0.15, -0.1) is 11.8 Å². The maximum Gasteiger partial charge on any atom is 0.272 e. The highest BCUT2D eigenvalue weighted by Gasteiger charge is 2.19. The molecule has 0 radical (unpaired) electrons. The van der Waals surface area contributed by atoms with Crippen LogP contribution in [-0.2, 0) is 9.59 Å². The Morgan fingerprint density at radius 1 is 0.818 bits per heavy atom. The van der Waals surface area contributed by atoms with Gasteiger partial charge >= 0.3 is 0 Å². The van der Waals surface area contributed by atoms with Crippen LogP contribution in [0.1, 0.15) is 34.0 Å². The number of hydrogen-bond donors (Lipinski definition) is 3. The number of methoxy groups -OCH3 is 2. The van der Waals surface area contributed by atoms with Crippen LogP contribution in [0.25, 0.3) is 6.08 Å². The summed E-state index contributed by atoms with van der Waals surface area (Å²) in [5.41, 5.74) is 4.35. The van der Waals surface area contributed by atoms with E-state index in [2.05, 4.69) is 16.0 Å². The van der Waals surface area contributed by atoms with Crippen LogP contribution in [0.4, 0.5) is 11.4 Å². The lowest BCUT2D eigenvalue weighted by Crippen LogP contribution is -2.30. The minimum atomic E-state index is -0.540. The Morgan fingerprint density at radius 2 is 1.57 bits per heavy atom. The molecule has 0 aliphatic rings. The maximum absolute atomic E-state index is 13.6. The van der Waals surface area contributed by atoms with Crippen molar-refractivity contribution in [3.8, 4) is 11.5 Å². The lowest BCUT2D eigenvalue weighted by molar-refractivity contribution is -0.115. The van der Waals surface area contributed by atoms with Gasteiger partial charge in [-0.1, -0.05) is 36.4 Å². The number of thioether (sulfide) groups is 1. The normalized spacial score (nSPS) is 11.7. The Bertz CT molecular complexity index is 1690. The number of amides is 3. The van der Waals surface area contributed by atoms with Crippen molar-refractivity contribution in [2.45, 2.75) is 30.9 Å². The van der Waals surface area contributed by atoms with E-state index in [1.807, 2.05) is 45.0 Å². The Morgan fingerprint density at radius 3 is 2.30 bits per heavy atom. The van der Waals surface area contributed by atoms with Crippen molar-refractivity contribution < 1.29 is 23.9 Å². The number of nitrogens with one attached hydrogen (secondary N) is 3. The number of carbonyl (C=O) groups excluding carboxylic acids is 3. The highest BCUT2D eigenvalue weighted by Crippen LogP contribution is 2.29. The summed E-state index contributed by atoms with van der Waals surface area (Å²) < 4.78 is 10.8. The van der Waals surface area contributed by atoms with Crippen molar-refractivity contribution in [2.24, 2.45) is 0 Å². The van der Waals surface area contributed by atoms with E-state index in [-0.39, 0.29) is 11.6 Å². The number of aryl methyl sites for hydroxylation is 1. The van der Waals surface area contributed by atoms with Crippen molar-refractivity contribution >= 4 is 46.9 Å². The van der Waals surface area contributed by atoms with Gasteiger partial charge in [-0.2, -0.15) is 0 Å². The van der Waals surface area contributed by atoms with Crippen LogP contribution in [0.5, 0.6) is 11.5 Å². The first kappa shape index (κ1) is 31.9. The van der Waals surface area contributed by atoms with Gasteiger partial charge < -0.3 is 25.4 Å². The first-order chi connectivity index (χ1) is 21.2. The molecule has 0 aromatic heterocycles. The van der Waals surface area contributed by atoms with Gasteiger partial charge in [0.2, 0.25) is 5.91 Å². The summed E-state index contributed by atoms with van der Waals surface area (Å²) in [5.74, 6) is -0.0497. The summed E-state index contributed by atoms with van der Waals surface area (Å²) in [6, 6.07) is 26.8. The summed E-state index contributed by atoms with van der Waals surface area (Å²) >= 11 is 1.37. The molecule has 8 nitrogen and oxygen atoms in total. The number of benzene rings is 4. The van der Waals surface area contributed by atoms with E-state index >= 15 is 0 Å². The predicted octanol–water partition coefficient (Wildman–Crippen LogP) is 6.85. The molecule has 4 aromatic rings. The molecule has 44 heavy (non-hydrogen) atoms. The standard InChI is InChI=1S/C35H35N3O5S/c1-22-11-9-16-30(23(22)2)37-33(39)24(3)44-29-15-10-14-27(21-29)36-35(41)31(38-34(40)25-12-7-6-8-13-25)20-26-19-28(42-4)17-18-32(26)43-5/h6-21,24H,1-5H3,(H,36,41)(H,37,39)(H,38,40)/b31-20+. The second-order valence-electron chi connectivity index (χ2n) is 9.96. The smallest absolute Gasteiger partial charge is 0.272 e. The van der Waals surface area contributed by atoms with Gasteiger partial charge in [-0.05, 0) is 92.6 Å². The average molecular weight is 610 g/mol. The predicted molar refractivity (Wildman–Crippen MR) is 176 cm³/mol. The van der Waals surface area contributed by atoms with Crippen molar-refractivity contribution in [1.82, 2.24) is 5.32 Å². The molecule has 0 saturated carbocycles. The van der Waals surface area contributed by atoms with Gasteiger partial charge in [0, 0.05) is 27.4 Å². The molecule has 4 aromatic carbocycles. The zero-order valence-corrected chi connectivity index (χ0v) is 26.1. The number of carbonyl (C=O) groups is 3. The molecule has 0 heterocycles. The second-order valence-corrected chi connectivity index (χ2v) is 11.4. The number of rotatable bonds is 11. The highest BCUT2D eigenvalue weighted by atomic mass is 32.2. The molecular formula is C35H35N3O5S. The van der Waals surface area contributed by atoms with Gasteiger partial charge in [0.05, 0.1) is 19.5 Å². The highest BCUT2D eigenvalue weighted by molar-refractivity contribution is 8.00. The van der Waals surface area contributed by atoms with E-state index in [0.717, 1.165) is 21.7 Å². The maximum atomic E-state index is 13.6. The average Bonchev–Trinajstić information content (AvgIpc) is 3.03. The van der Waals surface area contributed by atoms with Gasteiger partial charge in [0.15, 0.2) is 0 Å². The van der Waals surface area contributed by atoms with E-state index in [0.29, 0.717) is 28.3 Å². The summed E-state index contributed by atoms with van der Waals surface area (Å²) in [6.45, 7) is 5.81. The van der Waals surface area contributed by atoms with Crippen LogP contribution in [-0.4, -0.2) is 37.2 Å². The third-order valence-electron chi connectivity index (χ3n) is 6.90. The molecule has 4 rings (SSSR count). The largest absolute Gasteiger partial charge is 0.497 e. The molecule has 0 aliphatic heterocycles. The molecule has 3 amide bonds. The quantitative estimate of drug-likeness (QED) is 0.127. The van der Waals surface area contributed by atoms with E-state index in [1.54, 1.807) is 73.8 Å². The third-order valence-corrected chi connectivity index (χ3v) is 8.00. The first-order valence-corrected chi connectivity index (χ1v) is 14.8. The van der Waals surface area contributed by atoms with Gasteiger partial charge in [0.25, 0.3) is 11.8 Å². The van der Waals surface area contributed by atoms with E-state index in [9.17, 15) is 14.4 Å². The van der Waals surface area contributed by atoms with Crippen LogP contribution in [0.3, 0.4) is 0 Å². The van der Waals surface area contributed by atoms with Crippen molar-refractivity contribution in [3.63, 3.8) is 0 Å². The van der Waals surface area contributed by atoms with Crippen molar-refractivity contribution in [2.75, 3.05) is 24.9 Å². The van der Waals surface area contributed by atoms with Crippen LogP contribution in [0.15, 0.2) is 102 Å². The summed E-state index contributed by atoms with van der Waals surface area (Å²) in [7, 11) is 3.06. The Kier molecular flexibility index (Phi) is 10.8. The molecule has 0 fully saturated rings. The fraction of sp³-hybridized carbons (Fsp3) is 0.171. The fourth-order valence-electron chi connectivity index (χ4n) is 4.27. The summed E-state index contributed by atoms with van der Waals surface area (Å²) in [4.78, 5) is 40.4. The van der Waals surface area contributed by atoms with Gasteiger partial charge in [-0.25, -0.2) is 0 Å². The van der Waals surface area contributed by atoms with E-state index in [4.69, 9.17) is 9.47 Å². The molecule has 0 spiro atoms. The minimum absolute atomic E-state index is 0.00438. The molecule has 0 saturated heterocycles. The zero-order chi connectivity index (χ0) is 31.6. The molecule has 3 N–H and O–H groups in total. The SMILES string of the molecule is COc1ccc(OC)c(/C=C(/NC(=O)c2ccccc2)C(=O)Nc2cccc(SC(C)C(=O)Nc3cccc(C)c3C)c2)c1. The number of hydrogen-bond acceptors (Lipinski definition) is 6. The third kappa shape index (κ3) is 8.29. The van der Waals surface area contributed by atoms with Gasteiger partial charge in [0.1, 0.15) is 17.2 Å². The van der Waals surface area contributed by atoms with Crippen LogP contribution >= 0.6 is 11.8 Å². The molecule has 0 aliphatic carbocycles. The Labute approximate surface area is 261 Å². The molecule has 0 bridgehead atoms. The monoisotopic (exact) mass is 609 g/mol. The molecule has 1 unspecified atom stereocenters. The van der Waals surface area contributed by atoms with Crippen molar-refractivity contribution in [1.29, 1.82) is 0 Å². The lowest BCUT2D eigenvalue weighted by Gasteiger charge is -2.16. The van der Waals surface area contributed by atoms with E-state index in [1.165, 1.54) is 24.9 Å². The van der Waals surface area contributed by atoms with Crippen LogP contribution in [0.2, 0.25) is 0 Å². The molecule has 9 heteroatoms. The molecule has 226 valence electrons. The molecular weight excluding hydrogens is 574 g/mol. The number of ether oxygens (including phenoxy) is 2. The zero-order valence-electron chi connectivity index (χ0n) is 25.3. The Hall–Kier alpha value is -5.02. The van der Waals surface area contributed by atoms with Crippen LogP contribution in [0, 0.1) is 13.8 Å². The fourth-order valence-corrected chi connectivity index (χ4v) is 5.20. The summed E-state index contributed by atoms with van der Waals surface area (Å²) in [5, 5.41) is 8.22. The lowest BCUT2D eigenvalue weighted by atomic mass is 10.1. The Balaban J connectivity index is 1.54. The summed E-state index contributed by atoms with van der Waals surface area (Å²) in [6.07, 6.45) is 1.54. The van der Waals surface area contributed by atoms with Crippen molar-refractivity contribution in [3.05, 3.63) is 119 Å². The van der Waals surface area contributed by atoms with Gasteiger partial charge in [-0.3, -0.25) is 14.4 Å². The molecule has 1 atom stereocenters. The first-order valence-electron chi connectivity index (χ1n) is 13.9. The second kappa shape index (κ2) is 14.9. The van der Waals surface area contributed by atoms with Crippen LogP contribution < -0.4 is 25.4 Å². The van der Waals surface area contributed by atoms with E-state index < -0.39 is 17.1 Å². The topological polar surface area (TPSA) is 106 Å².